The van der Waals surface area contributed by atoms with E-state index in [1.165, 1.54) is 6.26 Å². The molecule has 0 saturated carbocycles. The van der Waals surface area contributed by atoms with Crippen LogP contribution in [0.25, 0.3) is 0 Å². The Morgan fingerprint density at radius 3 is 2.04 bits per heavy atom. The SMILES string of the molecule is CC(C)(C)OC(=O)N1C2c3ccccc3C1(C)c1ccccc1C2S(C)(=O)=O. The first-order chi connectivity index (χ1) is 13.0. The van der Waals surface area contributed by atoms with Gasteiger partial charge in [-0.1, -0.05) is 48.5 Å². The molecule has 0 aromatic heterocycles. The van der Waals surface area contributed by atoms with E-state index in [-0.39, 0.29) is 0 Å². The molecule has 2 aromatic carbocycles. The second kappa shape index (κ2) is 5.83. The molecule has 2 bridgehead atoms. The average molecular weight is 400 g/mol. The van der Waals surface area contributed by atoms with Crippen molar-refractivity contribution in [3.63, 3.8) is 0 Å². The molecule has 2 aliphatic heterocycles. The number of fused-ring (bicyclic) bond motifs is 7. The van der Waals surface area contributed by atoms with Gasteiger partial charge in [0.2, 0.25) is 0 Å². The topological polar surface area (TPSA) is 63.7 Å². The van der Waals surface area contributed by atoms with Gasteiger partial charge in [-0.2, -0.15) is 0 Å². The summed E-state index contributed by atoms with van der Waals surface area (Å²) in [5.41, 5.74) is 1.93. The largest absolute Gasteiger partial charge is 0.444 e. The van der Waals surface area contributed by atoms with Crippen LogP contribution in [0.15, 0.2) is 48.5 Å². The third-order valence-corrected chi connectivity index (χ3v) is 7.13. The van der Waals surface area contributed by atoms with E-state index < -0.39 is 38.4 Å². The minimum Gasteiger partial charge on any atom is -0.444 e. The molecule has 148 valence electrons. The summed E-state index contributed by atoms with van der Waals surface area (Å²) in [6.45, 7) is 7.42. The highest BCUT2D eigenvalue weighted by atomic mass is 32.2. The number of ether oxygens (including phenoxy) is 1. The summed E-state index contributed by atoms with van der Waals surface area (Å²) in [4.78, 5) is 15.0. The standard InChI is InChI=1S/C22H25NO4S/c1-21(2,3)27-20(24)23-18-14-10-6-8-12-16(14)22(23,4)17-13-9-7-11-15(17)19(18)28(5,25)26/h6-13,18-19H,1-5H3. The smallest absolute Gasteiger partial charge is 0.411 e. The minimum atomic E-state index is -3.50. The van der Waals surface area contributed by atoms with Crippen LogP contribution in [-0.2, 0) is 20.1 Å². The van der Waals surface area contributed by atoms with Crippen molar-refractivity contribution in [2.75, 3.05) is 6.26 Å². The van der Waals surface area contributed by atoms with Gasteiger partial charge in [-0.25, -0.2) is 13.2 Å². The van der Waals surface area contributed by atoms with E-state index in [9.17, 15) is 13.2 Å². The molecule has 28 heavy (non-hydrogen) atoms. The van der Waals surface area contributed by atoms with Crippen molar-refractivity contribution in [3.8, 4) is 0 Å². The van der Waals surface area contributed by atoms with E-state index in [1.807, 2.05) is 76.2 Å². The van der Waals surface area contributed by atoms with Crippen LogP contribution in [0.1, 0.15) is 61.2 Å². The lowest BCUT2D eigenvalue weighted by molar-refractivity contribution is -0.00524. The highest BCUT2D eigenvalue weighted by Crippen LogP contribution is 2.61. The van der Waals surface area contributed by atoms with Crippen LogP contribution in [0.2, 0.25) is 0 Å². The van der Waals surface area contributed by atoms with Crippen molar-refractivity contribution in [1.29, 1.82) is 0 Å². The number of carbonyl (C=O) groups is 1. The third-order valence-electron chi connectivity index (χ3n) is 5.69. The second-order valence-corrected chi connectivity index (χ2v) is 11.0. The molecule has 3 atom stereocenters. The molecule has 0 fully saturated rings. The summed E-state index contributed by atoms with van der Waals surface area (Å²) in [6, 6.07) is 14.6. The second-order valence-electron chi connectivity index (χ2n) is 8.79. The molecule has 2 heterocycles. The Bertz CT molecular complexity index is 1070. The molecule has 1 amide bonds. The molecular formula is C22H25NO4S. The molecule has 3 unspecified atom stereocenters. The fraction of sp³-hybridized carbons (Fsp3) is 0.409. The van der Waals surface area contributed by atoms with E-state index in [0.29, 0.717) is 0 Å². The fourth-order valence-corrected chi connectivity index (χ4v) is 6.15. The molecular weight excluding hydrogens is 374 g/mol. The van der Waals surface area contributed by atoms with Crippen LogP contribution in [0.5, 0.6) is 0 Å². The lowest BCUT2D eigenvalue weighted by atomic mass is 9.81. The molecule has 0 N–H and O–H groups in total. The van der Waals surface area contributed by atoms with Crippen molar-refractivity contribution in [2.45, 2.75) is 50.1 Å². The normalized spacial score (nSPS) is 25.8. The maximum absolute atomic E-state index is 13.3. The number of benzene rings is 2. The number of rotatable bonds is 1. The van der Waals surface area contributed by atoms with E-state index >= 15 is 0 Å². The highest BCUT2D eigenvalue weighted by Gasteiger charge is 2.60. The van der Waals surface area contributed by atoms with Gasteiger partial charge in [0.25, 0.3) is 0 Å². The summed E-state index contributed by atoms with van der Waals surface area (Å²) in [7, 11) is -3.50. The Morgan fingerprint density at radius 2 is 1.50 bits per heavy atom. The van der Waals surface area contributed by atoms with Crippen molar-refractivity contribution >= 4 is 15.9 Å². The zero-order valence-electron chi connectivity index (χ0n) is 16.8. The van der Waals surface area contributed by atoms with Gasteiger partial charge in [0.15, 0.2) is 9.84 Å². The molecule has 6 heteroatoms. The summed E-state index contributed by atoms with van der Waals surface area (Å²) >= 11 is 0. The maximum Gasteiger partial charge on any atom is 0.411 e. The van der Waals surface area contributed by atoms with Gasteiger partial charge >= 0.3 is 6.09 Å². The Labute approximate surface area is 166 Å². The molecule has 0 aliphatic carbocycles. The first-order valence-corrected chi connectivity index (χ1v) is 11.3. The molecule has 0 radical (unpaired) electrons. The number of sulfone groups is 1. The number of carbonyl (C=O) groups excluding carboxylic acids is 1. The van der Waals surface area contributed by atoms with Crippen LogP contribution in [0, 0.1) is 0 Å². The van der Waals surface area contributed by atoms with E-state index in [0.717, 1.165) is 22.3 Å². The van der Waals surface area contributed by atoms with Gasteiger partial charge in [-0.3, -0.25) is 4.90 Å². The van der Waals surface area contributed by atoms with Crippen molar-refractivity contribution in [2.24, 2.45) is 0 Å². The molecule has 2 aromatic rings. The lowest BCUT2D eigenvalue weighted by Crippen LogP contribution is -2.52. The lowest BCUT2D eigenvalue weighted by Gasteiger charge is -2.47. The number of nitrogens with zero attached hydrogens (tertiary/aromatic N) is 1. The molecule has 5 nitrogen and oxygen atoms in total. The van der Waals surface area contributed by atoms with Crippen LogP contribution < -0.4 is 0 Å². The van der Waals surface area contributed by atoms with Gasteiger partial charge in [0.05, 0.1) is 11.6 Å². The van der Waals surface area contributed by atoms with E-state index in [2.05, 4.69) is 0 Å². The van der Waals surface area contributed by atoms with Crippen molar-refractivity contribution < 1.29 is 17.9 Å². The monoisotopic (exact) mass is 399 g/mol. The zero-order valence-corrected chi connectivity index (χ0v) is 17.6. The molecule has 2 aliphatic rings. The van der Waals surface area contributed by atoms with Gasteiger partial charge in [0, 0.05) is 6.26 Å². The average Bonchev–Trinajstić information content (AvgIpc) is 2.78. The minimum absolute atomic E-state index is 0.501. The summed E-state index contributed by atoms with van der Waals surface area (Å²) < 4.78 is 31.6. The molecule has 0 saturated heterocycles. The van der Waals surface area contributed by atoms with Crippen LogP contribution >= 0.6 is 0 Å². The molecule has 4 rings (SSSR count). The summed E-state index contributed by atoms with van der Waals surface area (Å²) in [6.07, 6.45) is 0.741. The Hall–Kier alpha value is -2.34. The van der Waals surface area contributed by atoms with Gasteiger partial charge in [0.1, 0.15) is 10.9 Å². The van der Waals surface area contributed by atoms with Crippen molar-refractivity contribution in [3.05, 3.63) is 70.8 Å². The van der Waals surface area contributed by atoms with E-state index in [4.69, 9.17) is 4.74 Å². The Balaban J connectivity index is 2.05. The van der Waals surface area contributed by atoms with Gasteiger partial charge in [-0.05, 0) is 49.9 Å². The van der Waals surface area contributed by atoms with Crippen molar-refractivity contribution in [1.82, 2.24) is 4.90 Å². The summed E-state index contributed by atoms with van der Waals surface area (Å²) in [5, 5.41) is -0.840. The zero-order chi connectivity index (χ0) is 20.5. The maximum atomic E-state index is 13.3. The summed E-state index contributed by atoms with van der Waals surface area (Å²) in [5.74, 6) is 0. The number of hydrogen-bond donors (Lipinski definition) is 0. The van der Waals surface area contributed by atoms with Crippen LogP contribution in [-0.4, -0.2) is 31.3 Å². The first-order valence-electron chi connectivity index (χ1n) is 9.36. The quantitative estimate of drug-likeness (QED) is 0.715. The first kappa shape index (κ1) is 19.0. The predicted octanol–water partition coefficient (Wildman–Crippen LogP) is 4.34. The van der Waals surface area contributed by atoms with Gasteiger partial charge < -0.3 is 4.74 Å². The Kier molecular flexibility index (Phi) is 3.96. The number of hydrogen-bond acceptors (Lipinski definition) is 4. The fourth-order valence-electron chi connectivity index (χ4n) is 4.75. The predicted molar refractivity (Wildman–Crippen MR) is 108 cm³/mol. The number of amides is 1. The van der Waals surface area contributed by atoms with E-state index in [1.54, 1.807) is 4.90 Å². The third kappa shape index (κ3) is 2.58. The Morgan fingerprint density at radius 1 is 1.00 bits per heavy atom. The highest BCUT2D eigenvalue weighted by molar-refractivity contribution is 7.91. The van der Waals surface area contributed by atoms with Crippen LogP contribution in [0.4, 0.5) is 4.79 Å². The van der Waals surface area contributed by atoms with Gasteiger partial charge in [-0.15, -0.1) is 0 Å². The molecule has 0 spiro atoms. The van der Waals surface area contributed by atoms with Crippen LogP contribution in [0.3, 0.4) is 0 Å².